The van der Waals surface area contributed by atoms with Crippen molar-refractivity contribution < 1.29 is 9.53 Å². The second-order valence-electron chi connectivity index (χ2n) is 9.33. The van der Waals surface area contributed by atoms with Crippen LogP contribution < -0.4 is 10.1 Å². The number of nitrogens with zero attached hydrogens (tertiary/aromatic N) is 1. The molecule has 2 N–H and O–H groups in total. The summed E-state index contributed by atoms with van der Waals surface area (Å²) in [5.41, 5.74) is 5.29. The van der Waals surface area contributed by atoms with E-state index in [9.17, 15) is 4.79 Å². The first-order valence-corrected chi connectivity index (χ1v) is 11.0. The van der Waals surface area contributed by atoms with Gasteiger partial charge in [-0.05, 0) is 53.9 Å². The van der Waals surface area contributed by atoms with Gasteiger partial charge in [-0.25, -0.2) is 0 Å². The summed E-state index contributed by atoms with van der Waals surface area (Å²) >= 11 is 0. The topological polar surface area (TPSA) is 67.0 Å². The van der Waals surface area contributed by atoms with Crippen LogP contribution in [0.5, 0.6) is 5.75 Å². The average molecular weight is 418 g/mol. The van der Waals surface area contributed by atoms with Gasteiger partial charge < -0.3 is 10.1 Å². The predicted octanol–water partition coefficient (Wildman–Crippen LogP) is 5.04. The Hall–Kier alpha value is -3.08. The van der Waals surface area contributed by atoms with Gasteiger partial charge in [0, 0.05) is 11.3 Å². The van der Waals surface area contributed by atoms with E-state index in [1.165, 1.54) is 5.56 Å². The summed E-state index contributed by atoms with van der Waals surface area (Å²) in [7, 11) is 0. The van der Waals surface area contributed by atoms with E-state index in [1.807, 2.05) is 42.5 Å². The van der Waals surface area contributed by atoms with Crippen molar-refractivity contribution >= 4 is 5.91 Å². The van der Waals surface area contributed by atoms with Crippen molar-refractivity contribution in [1.29, 1.82) is 0 Å². The molecule has 1 heterocycles. The van der Waals surface area contributed by atoms with E-state index in [4.69, 9.17) is 4.74 Å². The van der Waals surface area contributed by atoms with Gasteiger partial charge in [-0.2, -0.15) is 5.10 Å². The quantitative estimate of drug-likeness (QED) is 0.553. The third kappa shape index (κ3) is 4.98. The molecule has 0 bridgehead atoms. The zero-order chi connectivity index (χ0) is 21.8. The molecule has 1 aromatic heterocycles. The number of aromatic nitrogens is 2. The molecule has 0 saturated carbocycles. The molecule has 31 heavy (non-hydrogen) atoms. The number of benzene rings is 2. The molecule has 0 fully saturated rings. The number of hydrogen-bond acceptors (Lipinski definition) is 3. The summed E-state index contributed by atoms with van der Waals surface area (Å²) in [6.45, 7) is 7.65. The standard InChI is InChI=1S/C26H31N3O2/c1-26(2,3)20-11-14-23-22(17-20)24(29-28-23)25(30)27-15-16-31-21-12-9-19(10-13-21)18-7-5-4-6-8-18/h4-10,12-13,20H,11,14-17H2,1-3H3,(H,27,30)(H,28,29)/t20-/m0/s1. The fourth-order valence-corrected chi connectivity index (χ4v) is 4.21. The molecule has 2 aromatic carbocycles. The summed E-state index contributed by atoms with van der Waals surface area (Å²) < 4.78 is 5.80. The molecular formula is C26H31N3O2. The van der Waals surface area contributed by atoms with Crippen molar-refractivity contribution in [2.24, 2.45) is 11.3 Å². The van der Waals surface area contributed by atoms with E-state index < -0.39 is 0 Å². The summed E-state index contributed by atoms with van der Waals surface area (Å²) in [4.78, 5) is 12.7. The van der Waals surface area contributed by atoms with Crippen LogP contribution in [0.2, 0.25) is 0 Å². The molecule has 162 valence electrons. The zero-order valence-electron chi connectivity index (χ0n) is 18.6. The minimum atomic E-state index is -0.130. The molecule has 0 aliphatic heterocycles. The molecule has 5 heteroatoms. The van der Waals surface area contributed by atoms with Gasteiger partial charge >= 0.3 is 0 Å². The highest BCUT2D eigenvalue weighted by atomic mass is 16.5. The van der Waals surface area contributed by atoms with Gasteiger partial charge in [0.25, 0.3) is 5.91 Å². The molecule has 0 radical (unpaired) electrons. The molecule has 0 spiro atoms. The molecule has 1 aliphatic rings. The Kier molecular flexibility index (Phi) is 6.12. The lowest BCUT2D eigenvalue weighted by Gasteiger charge is -2.33. The number of nitrogens with one attached hydrogen (secondary N) is 2. The van der Waals surface area contributed by atoms with Crippen LogP contribution in [0.3, 0.4) is 0 Å². The number of aryl methyl sites for hydroxylation is 1. The van der Waals surface area contributed by atoms with Gasteiger partial charge in [-0.15, -0.1) is 0 Å². The van der Waals surface area contributed by atoms with Crippen molar-refractivity contribution in [1.82, 2.24) is 15.5 Å². The van der Waals surface area contributed by atoms with E-state index in [-0.39, 0.29) is 11.3 Å². The van der Waals surface area contributed by atoms with Gasteiger partial charge in [0.05, 0.1) is 6.54 Å². The first-order valence-electron chi connectivity index (χ1n) is 11.0. The highest BCUT2D eigenvalue weighted by Crippen LogP contribution is 2.37. The molecule has 1 atom stereocenters. The molecule has 0 saturated heterocycles. The van der Waals surface area contributed by atoms with Crippen LogP contribution in [0, 0.1) is 11.3 Å². The van der Waals surface area contributed by atoms with E-state index in [0.717, 1.165) is 41.8 Å². The number of hydrogen-bond donors (Lipinski definition) is 2. The van der Waals surface area contributed by atoms with Gasteiger partial charge in [-0.1, -0.05) is 63.2 Å². The Morgan fingerprint density at radius 2 is 1.81 bits per heavy atom. The summed E-state index contributed by atoms with van der Waals surface area (Å²) in [5, 5.41) is 10.3. The van der Waals surface area contributed by atoms with Crippen molar-refractivity contribution in [2.75, 3.05) is 13.2 Å². The fraction of sp³-hybridized carbons (Fsp3) is 0.385. The van der Waals surface area contributed by atoms with Crippen LogP contribution in [0.4, 0.5) is 0 Å². The Morgan fingerprint density at radius 1 is 1.10 bits per heavy atom. The van der Waals surface area contributed by atoms with Crippen molar-refractivity contribution in [2.45, 2.75) is 40.0 Å². The van der Waals surface area contributed by atoms with Gasteiger partial charge in [0.2, 0.25) is 0 Å². The molecule has 1 aliphatic carbocycles. The minimum Gasteiger partial charge on any atom is -0.492 e. The number of H-pyrrole nitrogens is 1. The van der Waals surface area contributed by atoms with E-state index in [1.54, 1.807) is 0 Å². The first-order chi connectivity index (χ1) is 14.9. The third-order valence-electron chi connectivity index (χ3n) is 6.20. The smallest absolute Gasteiger partial charge is 0.272 e. The summed E-state index contributed by atoms with van der Waals surface area (Å²) in [6.07, 6.45) is 3.00. The van der Waals surface area contributed by atoms with Crippen LogP contribution in [0.15, 0.2) is 54.6 Å². The molecular weight excluding hydrogens is 386 g/mol. The van der Waals surface area contributed by atoms with Crippen LogP contribution in [0.1, 0.15) is 48.9 Å². The van der Waals surface area contributed by atoms with E-state index in [0.29, 0.717) is 24.8 Å². The second kappa shape index (κ2) is 8.96. The maximum atomic E-state index is 12.7. The monoisotopic (exact) mass is 417 g/mol. The largest absolute Gasteiger partial charge is 0.492 e. The maximum Gasteiger partial charge on any atom is 0.272 e. The SMILES string of the molecule is CC(C)(C)[C@H]1CCc2[nH]nc(C(=O)NCCOc3ccc(-c4ccccc4)cc3)c2C1. The van der Waals surface area contributed by atoms with Crippen molar-refractivity contribution in [3.8, 4) is 16.9 Å². The maximum absolute atomic E-state index is 12.7. The lowest BCUT2D eigenvalue weighted by Crippen LogP contribution is -2.31. The second-order valence-corrected chi connectivity index (χ2v) is 9.33. The number of carbonyl (C=O) groups excluding carboxylic acids is 1. The van der Waals surface area contributed by atoms with Gasteiger partial charge in [0.15, 0.2) is 5.69 Å². The van der Waals surface area contributed by atoms with Crippen LogP contribution >= 0.6 is 0 Å². The molecule has 4 rings (SSSR count). The number of rotatable bonds is 6. The summed E-state index contributed by atoms with van der Waals surface area (Å²) in [6, 6.07) is 18.3. The number of aromatic amines is 1. The molecule has 3 aromatic rings. The van der Waals surface area contributed by atoms with Gasteiger partial charge in [0.1, 0.15) is 12.4 Å². The van der Waals surface area contributed by atoms with Crippen LogP contribution in [-0.4, -0.2) is 29.3 Å². The summed E-state index contributed by atoms with van der Waals surface area (Å²) in [5.74, 6) is 1.22. The number of amides is 1. The number of carbonyl (C=O) groups is 1. The van der Waals surface area contributed by atoms with Crippen molar-refractivity contribution in [3.63, 3.8) is 0 Å². The predicted molar refractivity (Wildman–Crippen MR) is 123 cm³/mol. The lowest BCUT2D eigenvalue weighted by atomic mass is 9.71. The minimum absolute atomic E-state index is 0.130. The normalized spacial score (nSPS) is 15.9. The first kappa shape index (κ1) is 21.2. The Bertz CT molecular complexity index is 1020. The fourth-order valence-electron chi connectivity index (χ4n) is 4.21. The van der Waals surface area contributed by atoms with E-state index in [2.05, 4.69) is 48.4 Å². The highest BCUT2D eigenvalue weighted by Gasteiger charge is 2.32. The van der Waals surface area contributed by atoms with Crippen LogP contribution in [0.25, 0.3) is 11.1 Å². The number of fused-ring (bicyclic) bond motifs is 1. The molecule has 0 unspecified atom stereocenters. The molecule has 1 amide bonds. The molecule has 5 nitrogen and oxygen atoms in total. The lowest BCUT2D eigenvalue weighted by molar-refractivity contribution is 0.0939. The zero-order valence-corrected chi connectivity index (χ0v) is 18.6. The third-order valence-corrected chi connectivity index (χ3v) is 6.20. The Morgan fingerprint density at radius 3 is 2.52 bits per heavy atom. The van der Waals surface area contributed by atoms with E-state index >= 15 is 0 Å². The van der Waals surface area contributed by atoms with Crippen molar-refractivity contribution in [3.05, 3.63) is 71.5 Å². The number of ether oxygens (including phenoxy) is 1. The Balaban J connectivity index is 1.28. The van der Waals surface area contributed by atoms with Gasteiger partial charge in [-0.3, -0.25) is 9.89 Å². The highest BCUT2D eigenvalue weighted by molar-refractivity contribution is 5.94. The van der Waals surface area contributed by atoms with Crippen LogP contribution in [-0.2, 0) is 12.8 Å². The average Bonchev–Trinajstić information content (AvgIpc) is 3.20. The Labute approximate surface area is 184 Å².